The smallest absolute Gasteiger partial charge is 0.387 e. The molecule has 0 fully saturated rings. The lowest BCUT2D eigenvalue weighted by molar-refractivity contribution is -0.0500. The predicted molar refractivity (Wildman–Crippen MR) is 87.0 cm³/mol. The summed E-state index contributed by atoms with van der Waals surface area (Å²) in [5.74, 6) is -0.340. The van der Waals surface area contributed by atoms with Crippen LogP contribution in [0.4, 0.5) is 18.7 Å². The van der Waals surface area contributed by atoms with Gasteiger partial charge in [0.2, 0.25) is 0 Å². The first kappa shape index (κ1) is 18.5. The molecule has 0 unspecified atom stereocenters. The van der Waals surface area contributed by atoms with Crippen molar-refractivity contribution >= 4 is 48.5 Å². The molecule has 2 N–H and O–H groups in total. The topological polar surface area (TPSA) is 97.4 Å². The molecule has 0 bridgehead atoms. The molecule has 12 heteroatoms. The first-order chi connectivity index (χ1) is 11.2. The number of aryl methyl sites for hydroxylation is 1. The van der Waals surface area contributed by atoms with E-state index in [1.54, 1.807) is 11.6 Å². The predicted octanol–water partition coefficient (Wildman–Crippen LogP) is 3.33. The summed E-state index contributed by atoms with van der Waals surface area (Å²) in [7, 11) is -4.26. The number of hydrogen-bond acceptors (Lipinski definition) is 6. The summed E-state index contributed by atoms with van der Waals surface area (Å²) in [4.78, 5) is 15.4. The molecule has 0 radical (unpaired) electrons. The van der Waals surface area contributed by atoms with Crippen LogP contribution in [0.5, 0.6) is 5.75 Å². The van der Waals surface area contributed by atoms with E-state index in [1.165, 1.54) is 12.1 Å². The number of nitrogens with zero attached hydrogens (tertiary/aromatic N) is 1. The molecule has 0 spiro atoms. The van der Waals surface area contributed by atoms with Gasteiger partial charge in [0.1, 0.15) is 5.75 Å². The second kappa shape index (κ2) is 7.40. The van der Waals surface area contributed by atoms with Crippen LogP contribution in [0.3, 0.4) is 0 Å². The number of hydrogen-bond donors (Lipinski definition) is 2. The Kier molecular flexibility index (Phi) is 5.72. The summed E-state index contributed by atoms with van der Waals surface area (Å²) >= 11 is 4.33. The van der Waals surface area contributed by atoms with Crippen LogP contribution in [0.25, 0.3) is 0 Å². The Morgan fingerprint density at radius 3 is 2.71 bits per heavy atom. The average Bonchev–Trinajstić information content (AvgIpc) is 2.75. The monoisotopic (exact) mass is 441 g/mol. The Morgan fingerprint density at radius 1 is 1.42 bits per heavy atom. The van der Waals surface area contributed by atoms with Crippen LogP contribution in [0.1, 0.15) is 5.69 Å². The van der Waals surface area contributed by atoms with Gasteiger partial charge >= 0.3 is 12.6 Å². The van der Waals surface area contributed by atoms with E-state index in [0.717, 1.165) is 23.5 Å². The third-order valence-corrected chi connectivity index (χ3v) is 5.78. The van der Waals surface area contributed by atoms with Crippen molar-refractivity contribution in [1.29, 1.82) is 0 Å². The van der Waals surface area contributed by atoms with E-state index in [2.05, 4.69) is 31.0 Å². The maximum atomic E-state index is 12.2. The molecule has 7 nitrogen and oxygen atoms in total. The van der Waals surface area contributed by atoms with Crippen LogP contribution < -0.4 is 14.8 Å². The van der Waals surface area contributed by atoms with Gasteiger partial charge in [0, 0.05) is 6.07 Å². The molecule has 0 saturated carbocycles. The summed E-state index contributed by atoms with van der Waals surface area (Å²) in [6, 6.07) is 3.37. The zero-order valence-electron chi connectivity index (χ0n) is 11.9. The van der Waals surface area contributed by atoms with E-state index >= 15 is 0 Å². The third kappa shape index (κ3) is 4.85. The fourth-order valence-corrected chi connectivity index (χ4v) is 3.73. The Hall–Kier alpha value is -1.79. The Bertz CT molecular complexity index is 838. The minimum Gasteiger partial charge on any atom is -0.435 e. The lowest BCUT2D eigenvalue weighted by Gasteiger charge is -2.09. The number of carbonyl (C=O) groups is 1. The maximum Gasteiger partial charge on any atom is 0.387 e. The fourth-order valence-electron chi connectivity index (χ4n) is 1.55. The molecule has 0 aliphatic carbocycles. The van der Waals surface area contributed by atoms with Crippen LogP contribution in [-0.2, 0) is 10.0 Å². The van der Waals surface area contributed by atoms with Crippen LogP contribution in [-0.4, -0.2) is 26.0 Å². The van der Waals surface area contributed by atoms with Crippen molar-refractivity contribution in [2.24, 2.45) is 0 Å². The molecule has 130 valence electrons. The first-order valence-corrected chi connectivity index (χ1v) is 9.28. The number of sulfonamides is 1. The minimum absolute atomic E-state index is 0.196. The van der Waals surface area contributed by atoms with E-state index < -0.39 is 27.6 Å². The van der Waals surface area contributed by atoms with Crippen molar-refractivity contribution < 1.29 is 26.7 Å². The quantitative estimate of drug-likeness (QED) is 0.741. The number of rotatable bonds is 5. The van der Waals surface area contributed by atoms with E-state index in [4.69, 9.17) is 0 Å². The molecule has 0 atom stereocenters. The molecule has 24 heavy (non-hydrogen) atoms. The number of aromatic nitrogens is 1. The zero-order valence-corrected chi connectivity index (χ0v) is 15.1. The number of alkyl halides is 2. The molecule has 2 aromatic rings. The van der Waals surface area contributed by atoms with Crippen molar-refractivity contribution in [2.75, 3.05) is 5.32 Å². The highest BCUT2D eigenvalue weighted by Gasteiger charge is 2.20. The maximum absolute atomic E-state index is 12.2. The molecule has 1 aromatic heterocycles. The highest BCUT2D eigenvalue weighted by molar-refractivity contribution is 9.11. The van der Waals surface area contributed by atoms with Gasteiger partial charge in [-0.1, -0.05) is 17.4 Å². The number of nitrogens with one attached hydrogen (secondary N) is 2. The number of ether oxygens (including phenoxy) is 1. The van der Waals surface area contributed by atoms with Crippen LogP contribution in [0, 0.1) is 6.92 Å². The molecule has 1 aromatic carbocycles. The summed E-state index contributed by atoms with van der Waals surface area (Å²) in [6.45, 7) is -1.39. The van der Waals surface area contributed by atoms with Gasteiger partial charge in [-0.05, 0) is 35.0 Å². The van der Waals surface area contributed by atoms with Gasteiger partial charge in [-0.2, -0.15) is 8.78 Å². The number of halogens is 3. The molecular formula is C12H10BrF2N3O4S2. The number of benzene rings is 1. The van der Waals surface area contributed by atoms with Crippen LogP contribution in [0.2, 0.25) is 0 Å². The van der Waals surface area contributed by atoms with E-state index in [1.807, 2.05) is 0 Å². The lowest BCUT2D eigenvalue weighted by atomic mass is 10.3. The van der Waals surface area contributed by atoms with Gasteiger partial charge in [-0.25, -0.2) is 22.9 Å². The SMILES string of the molecule is Cc1nc(NC(=O)NS(=O)(=O)c2cccc(OC(F)F)c2)sc1Br. The van der Waals surface area contributed by atoms with Gasteiger partial charge < -0.3 is 4.74 Å². The Balaban J connectivity index is 2.11. The second-order valence-corrected chi connectivity index (χ2v) is 8.29. The number of thiazole rings is 1. The van der Waals surface area contributed by atoms with Crippen molar-refractivity contribution in [2.45, 2.75) is 18.4 Å². The average molecular weight is 442 g/mol. The first-order valence-electron chi connectivity index (χ1n) is 6.19. The number of urea groups is 1. The van der Waals surface area contributed by atoms with Crippen molar-refractivity contribution in [1.82, 2.24) is 9.71 Å². The van der Waals surface area contributed by atoms with Gasteiger partial charge in [-0.15, -0.1) is 0 Å². The molecule has 0 aliphatic rings. The number of anilines is 1. The highest BCUT2D eigenvalue weighted by Crippen LogP contribution is 2.27. The minimum atomic E-state index is -4.26. The highest BCUT2D eigenvalue weighted by atomic mass is 79.9. The number of carbonyl (C=O) groups excluding carboxylic acids is 1. The van der Waals surface area contributed by atoms with Crippen molar-refractivity contribution in [3.05, 3.63) is 33.7 Å². The molecule has 0 saturated heterocycles. The zero-order chi connectivity index (χ0) is 17.9. The van der Waals surface area contributed by atoms with Crippen LogP contribution >= 0.6 is 27.3 Å². The molecule has 2 rings (SSSR count). The van der Waals surface area contributed by atoms with Gasteiger partial charge in [0.25, 0.3) is 10.0 Å². The molecule has 1 heterocycles. The summed E-state index contributed by atoms with van der Waals surface area (Å²) in [5, 5.41) is 2.47. The van der Waals surface area contributed by atoms with Gasteiger partial charge in [0.05, 0.1) is 14.4 Å². The molecule has 0 aliphatic heterocycles. The fraction of sp³-hybridized carbons (Fsp3) is 0.167. The molecule has 2 amide bonds. The van der Waals surface area contributed by atoms with Gasteiger partial charge in [0.15, 0.2) is 5.13 Å². The van der Waals surface area contributed by atoms with Crippen molar-refractivity contribution in [3.63, 3.8) is 0 Å². The van der Waals surface area contributed by atoms with Crippen molar-refractivity contribution in [3.8, 4) is 5.75 Å². The largest absolute Gasteiger partial charge is 0.435 e. The lowest BCUT2D eigenvalue weighted by Crippen LogP contribution is -2.34. The van der Waals surface area contributed by atoms with E-state index in [9.17, 15) is 22.0 Å². The summed E-state index contributed by atoms with van der Waals surface area (Å²) in [6.07, 6.45) is 0. The van der Waals surface area contributed by atoms with E-state index in [0.29, 0.717) is 9.48 Å². The summed E-state index contributed by atoms with van der Waals surface area (Å²) < 4.78 is 55.1. The molecular weight excluding hydrogens is 432 g/mol. The Morgan fingerprint density at radius 2 is 2.12 bits per heavy atom. The Labute approximate surface area is 148 Å². The second-order valence-electron chi connectivity index (χ2n) is 4.29. The number of amides is 2. The van der Waals surface area contributed by atoms with E-state index in [-0.39, 0.29) is 10.9 Å². The van der Waals surface area contributed by atoms with Crippen LogP contribution in [0.15, 0.2) is 32.9 Å². The third-order valence-electron chi connectivity index (χ3n) is 2.53. The summed E-state index contributed by atoms with van der Waals surface area (Å²) in [5.41, 5.74) is 0.634. The standard InChI is InChI=1S/C12H10BrF2N3O4S2/c1-6-9(13)23-12(16-6)17-11(19)18-24(20,21)8-4-2-3-7(5-8)22-10(14)15/h2-5,10H,1H3,(H2,16,17,18,19). The normalized spacial score (nSPS) is 11.4. The van der Waals surface area contributed by atoms with Gasteiger partial charge in [-0.3, -0.25) is 5.32 Å².